The molecule has 3 rings (SSSR count). The van der Waals surface area contributed by atoms with Crippen molar-refractivity contribution in [2.45, 2.75) is 96.9 Å². The summed E-state index contributed by atoms with van der Waals surface area (Å²) in [7, 11) is 0. The van der Waals surface area contributed by atoms with Crippen molar-refractivity contribution in [2.75, 3.05) is 0 Å². The maximum atomic E-state index is 14.1. The molecule has 1 unspecified atom stereocenters. The maximum absolute atomic E-state index is 14.1. The molecule has 178 valence electrons. The first-order chi connectivity index (χ1) is 14.9. The fourth-order valence-corrected chi connectivity index (χ4v) is 4.06. The monoisotopic (exact) mass is 449 g/mol. The van der Waals surface area contributed by atoms with Crippen molar-refractivity contribution in [2.24, 2.45) is 11.5 Å². The molecule has 0 spiro atoms. The lowest BCUT2D eigenvalue weighted by Gasteiger charge is -2.25. The van der Waals surface area contributed by atoms with E-state index in [0.717, 1.165) is 0 Å². The van der Waals surface area contributed by atoms with Crippen molar-refractivity contribution in [3.05, 3.63) is 34.6 Å². The van der Waals surface area contributed by atoms with Gasteiger partial charge in [0, 0.05) is 19.0 Å². The highest BCUT2D eigenvalue weighted by molar-refractivity contribution is 6.01. The molecular formula is C24H36FN3O4. The summed E-state index contributed by atoms with van der Waals surface area (Å²) in [6.07, 6.45) is 6.63. The number of halogens is 1. The Morgan fingerprint density at radius 1 is 1.22 bits per heavy atom. The van der Waals surface area contributed by atoms with Gasteiger partial charge in [-0.1, -0.05) is 25.3 Å². The van der Waals surface area contributed by atoms with Gasteiger partial charge in [-0.05, 0) is 64.2 Å². The minimum Gasteiger partial charge on any atom is -0.460 e. The molecule has 2 amide bonds. The number of rotatable bonds is 5. The number of hydrogen-bond donors (Lipinski definition) is 2. The molecule has 0 aromatic heterocycles. The average molecular weight is 450 g/mol. The first-order valence-electron chi connectivity index (χ1n) is 11.3. The van der Waals surface area contributed by atoms with Crippen LogP contribution in [0.3, 0.4) is 0 Å². The predicted molar refractivity (Wildman–Crippen MR) is 120 cm³/mol. The van der Waals surface area contributed by atoms with E-state index in [0.29, 0.717) is 17.2 Å². The van der Waals surface area contributed by atoms with Crippen molar-refractivity contribution < 1.29 is 23.5 Å². The number of ether oxygens (including phenoxy) is 1. The van der Waals surface area contributed by atoms with Crippen LogP contribution in [0.2, 0.25) is 0 Å². The molecule has 1 aliphatic carbocycles. The zero-order chi connectivity index (χ0) is 24.1. The number of amides is 2. The van der Waals surface area contributed by atoms with Crippen LogP contribution in [-0.4, -0.2) is 40.4 Å². The number of fused-ring (bicyclic) bond motifs is 1. The summed E-state index contributed by atoms with van der Waals surface area (Å²) in [5.41, 5.74) is 11.6. The number of aryl methyl sites for hydroxylation is 1. The van der Waals surface area contributed by atoms with E-state index in [1.807, 2.05) is 0 Å². The zero-order valence-electron chi connectivity index (χ0n) is 19.6. The van der Waals surface area contributed by atoms with Crippen LogP contribution in [0.25, 0.3) is 0 Å². The van der Waals surface area contributed by atoms with E-state index < -0.39 is 35.2 Å². The van der Waals surface area contributed by atoms with Crippen LogP contribution >= 0.6 is 0 Å². The first-order valence-corrected chi connectivity index (χ1v) is 11.3. The van der Waals surface area contributed by atoms with E-state index in [2.05, 4.69) is 0 Å². The topological polar surface area (TPSA) is 116 Å². The Balaban J connectivity index is 0.000000439. The molecule has 0 saturated heterocycles. The molecule has 1 fully saturated rings. The molecule has 1 heterocycles. The molecule has 7 nitrogen and oxygen atoms in total. The maximum Gasteiger partial charge on any atom is 0.306 e. The first kappa shape index (κ1) is 25.8. The molecule has 1 aromatic carbocycles. The van der Waals surface area contributed by atoms with Gasteiger partial charge >= 0.3 is 5.97 Å². The number of carbonyl (C=O) groups excluding carboxylic acids is 3. The molecule has 0 radical (unpaired) electrons. The van der Waals surface area contributed by atoms with Gasteiger partial charge in [0.2, 0.25) is 5.91 Å². The smallest absolute Gasteiger partial charge is 0.306 e. The normalized spacial score (nSPS) is 17.3. The van der Waals surface area contributed by atoms with E-state index in [9.17, 15) is 18.8 Å². The number of carbonyl (C=O) groups is 3. The summed E-state index contributed by atoms with van der Waals surface area (Å²) in [6.45, 7) is 7.03. The van der Waals surface area contributed by atoms with Gasteiger partial charge in [0.25, 0.3) is 5.91 Å². The molecule has 32 heavy (non-hydrogen) atoms. The summed E-state index contributed by atoms with van der Waals surface area (Å²) >= 11 is 0. The van der Waals surface area contributed by atoms with Crippen LogP contribution in [0.4, 0.5) is 4.39 Å². The van der Waals surface area contributed by atoms with Gasteiger partial charge in [0.15, 0.2) is 0 Å². The third-order valence-corrected chi connectivity index (χ3v) is 5.53. The van der Waals surface area contributed by atoms with Gasteiger partial charge in [-0.25, -0.2) is 4.39 Å². The van der Waals surface area contributed by atoms with Crippen LogP contribution < -0.4 is 11.5 Å². The zero-order valence-corrected chi connectivity index (χ0v) is 19.6. The van der Waals surface area contributed by atoms with E-state index >= 15 is 0 Å². The second kappa shape index (κ2) is 10.9. The molecule has 2 aliphatic rings. The standard InChI is InChI=1S/C18H23FN2O4.C6H13N/c1-10-7-11-9-21(17(24)15(11)12(19)8-10)13(16(20)23)5-6-14(22)25-18(2,3)4;7-6-4-2-1-3-5-6/h7-8,13H,5-6,9H2,1-4H3,(H2,20,23);6H,1-5,7H2. The number of esters is 1. The quantitative estimate of drug-likeness (QED) is 0.669. The third kappa shape index (κ3) is 7.29. The lowest BCUT2D eigenvalue weighted by atomic mass is 9.97. The largest absolute Gasteiger partial charge is 0.460 e. The highest BCUT2D eigenvalue weighted by atomic mass is 19.1. The Morgan fingerprint density at radius 2 is 1.84 bits per heavy atom. The number of nitrogens with two attached hydrogens (primary N) is 2. The second-order valence-electron chi connectivity index (χ2n) is 9.66. The SMILES string of the molecule is Cc1cc(F)c2c(c1)CN(C(CCC(=O)OC(C)(C)C)C(N)=O)C2=O.NC1CCCCC1. The lowest BCUT2D eigenvalue weighted by Crippen LogP contribution is -2.45. The van der Waals surface area contributed by atoms with Crippen LogP contribution in [0.1, 0.15) is 87.2 Å². The van der Waals surface area contributed by atoms with Gasteiger partial charge in [0.05, 0.1) is 5.56 Å². The van der Waals surface area contributed by atoms with Gasteiger partial charge in [-0.2, -0.15) is 0 Å². The van der Waals surface area contributed by atoms with Crippen LogP contribution in [-0.2, 0) is 20.9 Å². The van der Waals surface area contributed by atoms with Crippen molar-refractivity contribution in [1.82, 2.24) is 4.90 Å². The van der Waals surface area contributed by atoms with E-state index in [4.69, 9.17) is 16.2 Å². The molecule has 8 heteroatoms. The molecule has 1 saturated carbocycles. The highest BCUT2D eigenvalue weighted by Crippen LogP contribution is 2.29. The number of benzene rings is 1. The molecule has 0 bridgehead atoms. The fraction of sp³-hybridized carbons (Fsp3) is 0.625. The van der Waals surface area contributed by atoms with Crippen molar-refractivity contribution in [3.8, 4) is 0 Å². The van der Waals surface area contributed by atoms with E-state index in [1.165, 1.54) is 43.1 Å². The molecule has 4 N–H and O–H groups in total. The third-order valence-electron chi connectivity index (χ3n) is 5.53. The van der Waals surface area contributed by atoms with Crippen molar-refractivity contribution in [1.29, 1.82) is 0 Å². The molecule has 1 aromatic rings. The molecular weight excluding hydrogens is 413 g/mol. The summed E-state index contributed by atoms with van der Waals surface area (Å²) in [4.78, 5) is 37.4. The summed E-state index contributed by atoms with van der Waals surface area (Å²) in [5.74, 6) is -2.41. The van der Waals surface area contributed by atoms with E-state index in [-0.39, 0.29) is 24.9 Å². The van der Waals surface area contributed by atoms with Crippen molar-refractivity contribution in [3.63, 3.8) is 0 Å². The number of primary amides is 1. The lowest BCUT2D eigenvalue weighted by molar-refractivity contribution is -0.155. The fourth-order valence-electron chi connectivity index (χ4n) is 4.06. The Morgan fingerprint density at radius 3 is 2.34 bits per heavy atom. The van der Waals surface area contributed by atoms with E-state index in [1.54, 1.807) is 33.8 Å². The average Bonchev–Trinajstić information content (AvgIpc) is 2.97. The Hall–Kier alpha value is -2.48. The Labute approximate surface area is 189 Å². The van der Waals surface area contributed by atoms with Gasteiger partial charge in [0.1, 0.15) is 17.5 Å². The molecule has 1 atom stereocenters. The van der Waals surface area contributed by atoms with Gasteiger partial charge in [-0.3, -0.25) is 14.4 Å². The minimum atomic E-state index is -0.993. The van der Waals surface area contributed by atoms with Crippen LogP contribution in [0, 0.1) is 12.7 Å². The van der Waals surface area contributed by atoms with Gasteiger partial charge < -0.3 is 21.1 Å². The Bertz CT molecular complexity index is 844. The van der Waals surface area contributed by atoms with Gasteiger partial charge in [-0.15, -0.1) is 0 Å². The number of nitrogens with zero attached hydrogens (tertiary/aromatic N) is 1. The Kier molecular flexibility index (Phi) is 8.78. The minimum absolute atomic E-state index is 0.0323. The van der Waals surface area contributed by atoms with Crippen molar-refractivity contribution >= 4 is 17.8 Å². The predicted octanol–water partition coefficient (Wildman–Crippen LogP) is 3.34. The second-order valence-corrected chi connectivity index (χ2v) is 9.66. The highest BCUT2D eigenvalue weighted by Gasteiger charge is 2.37. The number of hydrogen-bond acceptors (Lipinski definition) is 5. The van der Waals surface area contributed by atoms with Crippen LogP contribution in [0.5, 0.6) is 0 Å². The summed E-state index contributed by atoms with van der Waals surface area (Å²) in [6, 6.07) is 2.53. The molecule has 1 aliphatic heterocycles. The summed E-state index contributed by atoms with van der Waals surface area (Å²) in [5, 5.41) is 0. The van der Waals surface area contributed by atoms with Crippen LogP contribution in [0.15, 0.2) is 12.1 Å². The summed E-state index contributed by atoms with van der Waals surface area (Å²) < 4.78 is 19.3.